The smallest absolute Gasteiger partial charge is 0.220 e. The van der Waals surface area contributed by atoms with E-state index in [1.807, 2.05) is 24.3 Å². The van der Waals surface area contributed by atoms with Crippen LogP contribution in [-0.2, 0) is 26.0 Å². The van der Waals surface area contributed by atoms with Gasteiger partial charge in [-0.1, -0.05) is 24.3 Å². The molecule has 0 atom stereocenters. The molecule has 0 bridgehead atoms. The van der Waals surface area contributed by atoms with Crippen molar-refractivity contribution in [3.05, 3.63) is 47.5 Å². The predicted octanol–water partition coefficient (Wildman–Crippen LogP) is 3.14. The van der Waals surface area contributed by atoms with Gasteiger partial charge in [0.15, 0.2) is 0 Å². The molecule has 0 N–H and O–H groups in total. The zero-order valence-corrected chi connectivity index (χ0v) is 13.7. The maximum atomic E-state index is 6.22. The maximum absolute atomic E-state index is 6.22. The molecular formula is C18H14N2NiO3. The second kappa shape index (κ2) is 5.95. The van der Waals surface area contributed by atoms with Crippen molar-refractivity contribution in [2.75, 3.05) is 26.3 Å². The van der Waals surface area contributed by atoms with Crippen LogP contribution >= 0.6 is 0 Å². The Bertz CT molecular complexity index is 912. The average molecular weight is 365 g/mol. The van der Waals surface area contributed by atoms with Gasteiger partial charge >= 0.3 is 0 Å². The van der Waals surface area contributed by atoms with Gasteiger partial charge in [0.2, 0.25) is 11.8 Å². The molecule has 0 unspecified atom stereocenters. The van der Waals surface area contributed by atoms with E-state index in [1.165, 1.54) is 0 Å². The molecule has 124 valence electrons. The van der Waals surface area contributed by atoms with E-state index in [2.05, 4.69) is 22.1 Å². The third-order valence-corrected chi connectivity index (χ3v) is 4.16. The normalized spacial score (nSPS) is 16.5. The summed E-state index contributed by atoms with van der Waals surface area (Å²) in [6.45, 7) is 2.65. The van der Waals surface area contributed by atoms with Crippen LogP contribution in [0.2, 0.25) is 0 Å². The molecule has 5 nitrogen and oxygen atoms in total. The molecule has 0 spiro atoms. The monoisotopic (exact) mass is 364 g/mol. The van der Waals surface area contributed by atoms with Gasteiger partial charge in [-0.3, -0.25) is 0 Å². The van der Waals surface area contributed by atoms with Gasteiger partial charge in [0, 0.05) is 27.3 Å². The molecule has 0 fully saturated rings. The first kappa shape index (κ1) is 15.2. The summed E-state index contributed by atoms with van der Waals surface area (Å²) in [6.07, 6.45) is 0. The Morgan fingerprint density at radius 2 is 1.21 bits per heavy atom. The van der Waals surface area contributed by atoms with Gasteiger partial charge in [0.1, 0.15) is 24.4 Å². The van der Waals surface area contributed by atoms with Gasteiger partial charge in [-0.05, 0) is 12.1 Å². The quantitative estimate of drug-likeness (QED) is 0.656. The summed E-state index contributed by atoms with van der Waals surface area (Å²) in [5, 5.41) is 2.10. The second-order valence-corrected chi connectivity index (χ2v) is 5.54. The van der Waals surface area contributed by atoms with Crippen LogP contribution in [0.5, 0.6) is 0 Å². The Hall–Kier alpha value is -2.33. The van der Waals surface area contributed by atoms with E-state index in [0.29, 0.717) is 38.1 Å². The molecule has 0 saturated heterocycles. The Kier molecular flexibility index (Phi) is 3.77. The molecule has 0 aliphatic carbocycles. The first-order valence-electron chi connectivity index (χ1n) is 7.71. The molecule has 5 rings (SSSR count). The largest absolute Gasteiger partial charge is 0.475 e. The average Bonchev–Trinajstić information content (AvgIpc) is 3.33. The summed E-state index contributed by atoms with van der Waals surface area (Å²) in [7, 11) is 0. The van der Waals surface area contributed by atoms with Crippen molar-refractivity contribution in [2.24, 2.45) is 9.98 Å². The van der Waals surface area contributed by atoms with Crippen molar-refractivity contribution in [2.45, 2.75) is 0 Å². The number of rotatable bonds is 2. The van der Waals surface area contributed by atoms with E-state index in [-0.39, 0.29) is 16.5 Å². The van der Waals surface area contributed by atoms with Crippen molar-refractivity contribution < 1.29 is 30.4 Å². The number of para-hydroxylation sites is 2. The summed E-state index contributed by atoms with van der Waals surface area (Å²) in [4.78, 5) is 8.82. The molecule has 3 heterocycles. The number of hydrogen-bond donors (Lipinski definition) is 0. The van der Waals surface area contributed by atoms with E-state index < -0.39 is 0 Å². The van der Waals surface area contributed by atoms with Gasteiger partial charge < -0.3 is 13.9 Å². The molecule has 2 aliphatic rings. The number of ether oxygens (including phenoxy) is 2. The van der Waals surface area contributed by atoms with Crippen LogP contribution < -0.4 is 0 Å². The molecule has 2 aliphatic heterocycles. The number of furan rings is 1. The topological polar surface area (TPSA) is 56.3 Å². The Balaban J connectivity index is 0.00000146. The first-order valence-corrected chi connectivity index (χ1v) is 7.71. The van der Waals surface area contributed by atoms with E-state index in [4.69, 9.17) is 13.9 Å². The summed E-state index contributed by atoms with van der Waals surface area (Å²) in [5.74, 6) is 1.32. The minimum absolute atomic E-state index is 0. The van der Waals surface area contributed by atoms with Crippen LogP contribution in [0.3, 0.4) is 0 Å². The van der Waals surface area contributed by atoms with Crippen molar-refractivity contribution in [3.63, 3.8) is 0 Å². The molecular weight excluding hydrogens is 351 g/mol. The van der Waals surface area contributed by atoms with E-state index in [0.717, 1.165) is 33.1 Å². The number of hydrogen-bond acceptors (Lipinski definition) is 5. The van der Waals surface area contributed by atoms with Crippen LogP contribution in [0.15, 0.2) is 50.8 Å². The SMILES string of the molecule is [Ni].c1cc(C2=NCCO2)c2oc3c(C4=NCCO4)cccc3c2c1. The number of nitrogens with zero attached hydrogens (tertiary/aromatic N) is 2. The minimum atomic E-state index is 0. The summed E-state index contributed by atoms with van der Waals surface area (Å²) < 4.78 is 17.4. The molecule has 24 heavy (non-hydrogen) atoms. The van der Waals surface area contributed by atoms with Crippen LogP contribution in [0.4, 0.5) is 0 Å². The molecule has 0 amide bonds. The number of aliphatic imine (C=N–C) groups is 2. The van der Waals surface area contributed by atoms with Crippen molar-refractivity contribution in [3.8, 4) is 0 Å². The first-order chi connectivity index (χ1) is 11.4. The van der Waals surface area contributed by atoms with Crippen LogP contribution in [-0.4, -0.2) is 38.1 Å². The van der Waals surface area contributed by atoms with Gasteiger partial charge in [-0.25, -0.2) is 9.98 Å². The number of fused-ring (bicyclic) bond motifs is 3. The molecule has 3 aromatic rings. The van der Waals surface area contributed by atoms with Crippen LogP contribution in [0.1, 0.15) is 11.1 Å². The van der Waals surface area contributed by atoms with Crippen molar-refractivity contribution in [1.82, 2.24) is 0 Å². The Morgan fingerprint density at radius 3 is 1.62 bits per heavy atom. The van der Waals surface area contributed by atoms with Gasteiger partial charge in [0.25, 0.3) is 0 Å². The van der Waals surface area contributed by atoms with Gasteiger partial charge in [-0.15, -0.1) is 0 Å². The summed E-state index contributed by atoms with van der Waals surface area (Å²) in [6, 6.07) is 12.1. The zero-order valence-electron chi connectivity index (χ0n) is 12.7. The van der Waals surface area contributed by atoms with E-state index in [1.54, 1.807) is 0 Å². The maximum Gasteiger partial charge on any atom is 0.220 e. The molecule has 1 aromatic heterocycles. The van der Waals surface area contributed by atoms with E-state index >= 15 is 0 Å². The summed E-state index contributed by atoms with van der Waals surface area (Å²) in [5.41, 5.74) is 3.40. The predicted molar refractivity (Wildman–Crippen MR) is 88.4 cm³/mol. The van der Waals surface area contributed by atoms with Crippen LogP contribution in [0.25, 0.3) is 21.9 Å². The van der Waals surface area contributed by atoms with Gasteiger partial charge in [0.05, 0.1) is 24.2 Å². The summed E-state index contributed by atoms with van der Waals surface area (Å²) >= 11 is 0. The fourth-order valence-electron chi connectivity index (χ4n) is 3.15. The third-order valence-electron chi connectivity index (χ3n) is 4.16. The van der Waals surface area contributed by atoms with Gasteiger partial charge in [-0.2, -0.15) is 0 Å². The standard InChI is InChI=1S/C18H14N2O3.Ni/c1-3-11-12-4-2-6-14(18-20-8-10-22-18)16(12)23-15(11)13(5-1)17-19-7-9-21-17;/h1-6H,7-10H2;. The van der Waals surface area contributed by atoms with Crippen molar-refractivity contribution >= 4 is 33.7 Å². The fraction of sp³-hybridized carbons (Fsp3) is 0.222. The Labute approximate surface area is 148 Å². The van der Waals surface area contributed by atoms with E-state index in [9.17, 15) is 0 Å². The minimum Gasteiger partial charge on any atom is -0.475 e. The molecule has 0 radical (unpaired) electrons. The van der Waals surface area contributed by atoms with Crippen molar-refractivity contribution in [1.29, 1.82) is 0 Å². The fourth-order valence-corrected chi connectivity index (χ4v) is 3.15. The molecule has 0 saturated carbocycles. The molecule has 2 aromatic carbocycles. The Morgan fingerprint density at radius 1 is 0.708 bits per heavy atom. The zero-order chi connectivity index (χ0) is 15.2. The van der Waals surface area contributed by atoms with Crippen LogP contribution in [0, 0.1) is 0 Å². The second-order valence-electron chi connectivity index (χ2n) is 5.54. The molecule has 6 heteroatoms. The third kappa shape index (κ3) is 2.21. The number of benzene rings is 2.